The molecule has 5 aliphatic rings. The van der Waals surface area contributed by atoms with E-state index in [1.165, 1.54) is 18.4 Å². The number of carbonyl (C=O) groups excluding carboxylic acids is 1. The predicted octanol–water partition coefficient (Wildman–Crippen LogP) is 6.32. The van der Waals surface area contributed by atoms with Gasteiger partial charge in [0.05, 0.1) is 6.10 Å². The summed E-state index contributed by atoms with van der Waals surface area (Å²) in [5, 5.41) is 21.1. The maximum Gasteiger partial charge on any atom is 0.159 e. The van der Waals surface area contributed by atoms with Gasteiger partial charge in [0.2, 0.25) is 0 Å². The zero-order chi connectivity index (χ0) is 24.2. The summed E-state index contributed by atoms with van der Waals surface area (Å²) in [5.74, 6) is 1.20. The first-order valence-corrected chi connectivity index (χ1v) is 13.7. The molecule has 9 atom stereocenters. The van der Waals surface area contributed by atoms with Gasteiger partial charge < -0.3 is 10.2 Å². The van der Waals surface area contributed by atoms with Crippen molar-refractivity contribution in [2.75, 3.05) is 6.61 Å². The number of rotatable bonds is 1. The fourth-order valence-electron chi connectivity index (χ4n) is 10.4. The normalized spacial score (nSPS) is 55.5. The molecule has 3 nitrogen and oxygen atoms in total. The number of hydrogen-bond donors (Lipinski definition) is 2. The molecule has 0 spiro atoms. The van der Waals surface area contributed by atoms with Crippen molar-refractivity contribution in [3.05, 3.63) is 11.6 Å². The van der Waals surface area contributed by atoms with Crippen molar-refractivity contribution in [1.29, 1.82) is 0 Å². The topological polar surface area (TPSA) is 57.5 Å². The van der Waals surface area contributed by atoms with Gasteiger partial charge in [-0.25, -0.2) is 0 Å². The van der Waals surface area contributed by atoms with Crippen LogP contribution in [0.25, 0.3) is 0 Å². The Morgan fingerprint density at radius 1 is 0.909 bits per heavy atom. The van der Waals surface area contributed by atoms with E-state index in [2.05, 4.69) is 54.5 Å². The molecular formula is C30H48O3. The first-order chi connectivity index (χ1) is 15.2. The van der Waals surface area contributed by atoms with E-state index in [0.717, 1.165) is 44.9 Å². The van der Waals surface area contributed by atoms with E-state index in [-0.39, 0.29) is 51.1 Å². The molecule has 0 aliphatic heterocycles. The molecule has 4 saturated carbocycles. The maximum atomic E-state index is 14.2. The molecule has 0 heterocycles. The van der Waals surface area contributed by atoms with E-state index < -0.39 is 0 Å². The van der Waals surface area contributed by atoms with Gasteiger partial charge in [0, 0.05) is 12.5 Å². The van der Waals surface area contributed by atoms with Gasteiger partial charge in [0.15, 0.2) is 5.78 Å². The molecule has 33 heavy (non-hydrogen) atoms. The summed E-state index contributed by atoms with van der Waals surface area (Å²) < 4.78 is 0. The van der Waals surface area contributed by atoms with Crippen LogP contribution in [0.15, 0.2) is 11.6 Å². The van der Waals surface area contributed by atoms with Crippen molar-refractivity contribution in [1.82, 2.24) is 0 Å². The Morgan fingerprint density at radius 3 is 2.24 bits per heavy atom. The molecule has 4 fully saturated rings. The van der Waals surface area contributed by atoms with Crippen LogP contribution in [0.5, 0.6) is 0 Å². The van der Waals surface area contributed by atoms with E-state index in [9.17, 15) is 15.0 Å². The van der Waals surface area contributed by atoms with Crippen LogP contribution in [-0.4, -0.2) is 28.7 Å². The third kappa shape index (κ3) is 2.90. The smallest absolute Gasteiger partial charge is 0.159 e. The van der Waals surface area contributed by atoms with Crippen LogP contribution in [0.4, 0.5) is 0 Å². The first-order valence-electron chi connectivity index (χ1n) is 13.7. The lowest BCUT2D eigenvalue weighted by Crippen LogP contribution is -2.66. The van der Waals surface area contributed by atoms with Gasteiger partial charge in [-0.05, 0) is 108 Å². The molecule has 0 aromatic rings. The van der Waals surface area contributed by atoms with Crippen LogP contribution in [0.2, 0.25) is 0 Å². The SMILES string of the molecule is CC1(C)[C@@H](O)CC[C@@]2(C)[C@H]1CCC1(C)[C@@H]2C(=O)C=C2[C@@H]3C[C@@](C)(CO)CC[C@]3(C)CC[C@]21C. The third-order valence-corrected chi connectivity index (χ3v) is 13.0. The average molecular weight is 457 g/mol. The number of carbonyl (C=O) groups is 1. The second kappa shape index (κ2) is 6.96. The van der Waals surface area contributed by atoms with Gasteiger partial charge in [-0.15, -0.1) is 0 Å². The summed E-state index contributed by atoms with van der Waals surface area (Å²) in [6.45, 7) is 16.8. The van der Waals surface area contributed by atoms with Crippen LogP contribution in [-0.2, 0) is 4.79 Å². The molecule has 0 aromatic carbocycles. The van der Waals surface area contributed by atoms with Crippen molar-refractivity contribution < 1.29 is 15.0 Å². The van der Waals surface area contributed by atoms with Gasteiger partial charge in [-0.1, -0.05) is 54.0 Å². The fraction of sp³-hybridized carbons (Fsp3) is 0.900. The van der Waals surface area contributed by atoms with Gasteiger partial charge in [0.1, 0.15) is 0 Å². The Labute approximate surface area is 201 Å². The molecule has 5 aliphatic carbocycles. The Balaban J connectivity index is 1.62. The van der Waals surface area contributed by atoms with Crippen LogP contribution in [0, 0.1) is 50.2 Å². The minimum atomic E-state index is -0.269. The van der Waals surface area contributed by atoms with E-state index in [1.807, 2.05) is 0 Å². The fourth-order valence-corrected chi connectivity index (χ4v) is 10.4. The number of aliphatic hydroxyl groups excluding tert-OH is 2. The number of hydrogen-bond acceptors (Lipinski definition) is 3. The van der Waals surface area contributed by atoms with Gasteiger partial charge in [0.25, 0.3) is 0 Å². The quantitative estimate of drug-likeness (QED) is 0.485. The molecule has 1 unspecified atom stereocenters. The van der Waals surface area contributed by atoms with Crippen LogP contribution >= 0.6 is 0 Å². The summed E-state index contributed by atoms with van der Waals surface area (Å²) in [6, 6.07) is 0. The van der Waals surface area contributed by atoms with Gasteiger partial charge in [-0.2, -0.15) is 0 Å². The van der Waals surface area contributed by atoms with Crippen LogP contribution in [0.1, 0.15) is 106 Å². The minimum Gasteiger partial charge on any atom is -0.396 e. The van der Waals surface area contributed by atoms with E-state index in [4.69, 9.17) is 0 Å². The minimum absolute atomic E-state index is 0.0305. The number of allylic oxidation sites excluding steroid dienone is 2. The third-order valence-electron chi connectivity index (χ3n) is 13.0. The predicted molar refractivity (Wildman–Crippen MR) is 133 cm³/mol. The standard InChI is InChI=1S/C30H48O3/c1-25(2)22-8-11-30(7)24(28(22,5)10-9-23(25)33)21(32)16-19-20-17-26(3,18-31)12-13-27(20,4)14-15-29(19,30)6/h16,20,22-24,31,33H,8-15,17-18H2,1-7H3/t20-,22-,23-,24+,26-,27+,28-,29+,30?/m0/s1. The number of fused-ring (bicyclic) bond motifs is 7. The highest BCUT2D eigenvalue weighted by atomic mass is 16.3. The Hall–Kier alpha value is -0.670. The molecule has 2 N–H and O–H groups in total. The van der Waals surface area contributed by atoms with Crippen molar-refractivity contribution in [2.24, 2.45) is 50.2 Å². The highest BCUT2D eigenvalue weighted by Crippen LogP contribution is 2.75. The monoisotopic (exact) mass is 456 g/mol. The molecule has 0 amide bonds. The van der Waals surface area contributed by atoms with Crippen molar-refractivity contribution in [2.45, 2.75) is 112 Å². The number of aliphatic hydroxyl groups is 2. The average Bonchev–Trinajstić information content (AvgIpc) is 2.74. The molecule has 5 rings (SSSR count). The van der Waals surface area contributed by atoms with E-state index in [1.54, 1.807) is 0 Å². The Morgan fingerprint density at radius 2 is 1.58 bits per heavy atom. The molecule has 0 radical (unpaired) electrons. The van der Waals surface area contributed by atoms with E-state index >= 15 is 0 Å². The zero-order valence-electron chi connectivity index (χ0n) is 22.3. The summed E-state index contributed by atoms with van der Waals surface area (Å²) >= 11 is 0. The Kier molecular flexibility index (Phi) is 5.07. The lowest BCUT2D eigenvalue weighted by molar-refractivity contribution is -0.202. The maximum absolute atomic E-state index is 14.2. The van der Waals surface area contributed by atoms with Gasteiger partial charge in [-0.3, -0.25) is 4.79 Å². The summed E-state index contributed by atoms with van der Waals surface area (Å²) in [6.07, 6.45) is 11.5. The van der Waals surface area contributed by atoms with Crippen molar-refractivity contribution in [3.63, 3.8) is 0 Å². The lowest BCUT2D eigenvalue weighted by Gasteiger charge is -2.70. The van der Waals surface area contributed by atoms with Gasteiger partial charge >= 0.3 is 0 Å². The molecular weight excluding hydrogens is 408 g/mol. The van der Waals surface area contributed by atoms with Crippen LogP contribution < -0.4 is 0 Å². The molecule has 0 aromatic heterocycles. The zero-order valence-corrected chi connectivity index (χ0v) is 22.3. The largest absolute Gasteiger partial charge is 0.396 e. The Bertz CT molecular complexity index is 889. The van der Waals surface area contributed by atoms with Crippen molar-refractivity contribution >= 4 is 5.78 Å². The lowest BCUT2D eigenvalue weighted by atomic mass is 9.33. The summed E-state index contributed by atoms with van der Waals surface area (Å²) in [4.78, 5) is 14.2. The highest BCUT2D eigenvalue weighted by Gasteiger charge is 2.70. The second-order valence-electron chi connectivity index (χ2n) is 15.0. The molecule has 3 heteroatoms. The summed E-state index contributed by atoms with van der Waals surface area (Å²) in [5.41, 5.74) is 1.46. The highest BCUT2D eigenvalue weighted by molar-refractivity contribution is 5.95. The molecule has 0 bridgehead atoms. The first kappa shape index (κ1) is 24.0. The van der Waals surface area contributed by atoms with Crippen molar-refractivity contribution in [3.8, 4) is 0 Å². The van der Waals surface area contributed by atoms with E-state index in [0.29, 0.717) is 17.6 Å². The second-order valence-corrected chi connectivity index (χ2v) is 15.0. The van der Waals surface area contributed by atoms with Crippen LogP contribution in [0.3, 0.4) is 0 Å². The molecule has 0 saturated heterocycles. The number of ketones is 1. The summed E-state index contributed by atoms with van der Waals surface area (Å²) in [7, 11) is 0. The molecule has 186 valence electrons.